The molecular weight excluding hydrogens is 208 g/mol. The van der Waals surface area contributed by atoms with Crippen molar-refractivity contribution in [2.24, 2.45) is 0 Å². The van der Waals surface area contributed by atoms with Crippen molar-refractivity contribution in [1.82, 2.24) is 0 Å². The Morgan fingerprint density at radius 1 is 1.25 bits per heavy atom. The predicted molar refractivity (Wildman–Crippen MR) is 61.0 cm³/mol. The van der Waals surface area contributed by atoms with Crippen LogP contribution in [0.2, 0.25) is 0 Å². The molecule has 16 heavy (non-hydrogen) atoms. The Labute approximate surface area is 95.8 Å². The first-order valence-corrected chi connectivity index (χ1v) is 5.20. The molecule has 4 nitrogen and oxygen atoms in total. The molecule has 0 heterocycles. The van der Waals surface area contributed by atoms with Crippen molar-refractivity contribution in [2.45, 2.75) is 13.0 Å². The fourth-order valence-corrected chi connectivity index (χ4v) is 1.41. The summed E-state index contributed by atoms with van der Waals surface area (Å²) in [5.74, 6) is 1.30. The van der Waals surface area contributed by atoms with E-state index in [1.54, 1.807) is 32.4 Å². The third-order valence-corrected chi connectivity index (χ3v) is 2.28. The standard InChI is InChI=1S/C12H18O4/c1-4-16-8-11(13)10-6-5-9(14-2)7-12(10)15-3/h5-7,11,13H,4,8H2,1-3H3. The van der Waals surface area contributed by atoms with Crippen molar-refractivity contribution in [3.05, 3.63) is 23.8 Å². The van der Waals surface area contributed by atoms with Gasteiger partial charge in [0.15, 0.2) is 0 Å². The van der Waals surface area contributed by atoms with Gasteiger partial charge in [0.1, 0.15) is 17.6 Å². The van der Waals surface area contributed by atoms with Crippen LogP contribution in [0.3, 0.4) is 0 Å². The van der Waals surface area contributed by atoms with Crippen LogP contribution in [0, 0.1) is 0 Å². The van der Waals surface area contributed by atoms with Crippen molar-refractivity contribution >= 4 is 0 Å². The predicted octanol–water partition coefficient (Wildman–Crippen LogP) is 1.77. The van der Waals surface area contributed by atoms with E-state index in [4.69, 9.17) is 14.2 Å². The maximum Gasteiger partial charge on any atom is 0.128 e. The van der Waals surface area contributed by atoms with E-state index in [0.29, 0.717) is 23.7 Å². The Kier molecular flexibility index (Phi) is 5.08. The SMILES string of the molecule is CCOCC(O)c1ccc(OC)cc1OC. The van der Waals surface area contributed by atoms with Gasteiger partial charge in [-0.05, 0) is 19.1 Å². The van der Waals surface area contributed by atoms with Crippen LogP contribution in [-0.2, 0) is 4.74 Å². The summed E-state index contributed by atoms with van der Waals surface area (Å²) in [7, 11) is 3.15. The summed E-state index contributed by atoms with van der Waals surface area (Å²) in [4.78, 5) is 0. The Bertz CT molecular complexity index is 325. The molecule has 0 bridgehead atoms. The molecule has 90 valence electrons. The van der Waals surface area contributed by atoms with E-state index >= 15 is 0 Å². The molecule has 0 aliphatic rings. The number of hydrogen-bond donors (Lipinski definition) is 1. The second kappa shape index (κ2) is 6.35. The normalized spacial score (nSPS) is 12.2. The molecule has 1 unspecified atom stereocenters. The Morgan fingerprint density at radius 2 is 2.00 bits per heavy atom. The lowest BCUT2D eigenvalue weighted by Crippen LogP contribution is -2.08. The quantitative estimate of drug-likeness (QED) is 0.803. The topological polar surface area (TPSA) is 47.9 Å². The molecule has 0 fully saturated rings. The Hall–Kier alpha value is -1.26. The van der Waals surface area contributed by atoms with Gasteiger partial charge in [-0.3, -0.25) is 0 Å². The number of ether oxygens (including phenoxy) is 3. The van der Waals surface area contributed by atoms with Crippen LogP contribution in [0.15, 0.2) is 18.2 Å². The molecule has 1 aromatic rings. The van der Waals surface area contributed by atoms with Crippen molar-refractivity contribution < 1.29 is 19.3 Å². The fourth-order valence-electron chi connectivity index (χ4n) is 1.41. The second-order valence-electron chi connectivity index (χ2n) is 3.28. The van der Waals surface area contributed by atoms with Crippen LogP contribution in [-0.4, -0.2) is 32.5 Å². The number of aliphatic hydroxyl groups is 1. The molecule has 0 saturated carbocycles. The molecule has 1 aromatic carbocycles. The van der Waals surface area contributed by atoms with Crippen molar-refractivity contribution in [2.75, 3.05) is 27.4 Å². The summed E-state index contributed by atoms with van der Waals surface area (Å²) < 4.78 is 15.4. The number of rotatable bonds is 6. The lowest BCUT2D eigenvalue weighted by atomic mass is 10.1. The van der Waals surface area contributed by atoms with Gasteiger partial charge in [-0.15, -0.1) is 0 Å². The Balaban J connectivity index is 2.85. The van der Waals surface area contributed by atoms with Gasteiger partial charge in [-0.25, -0.2) is 0 Å². The summed E-state index contributed by atoms with van der Waals surface area (Å²) >= 11 is 0. The highest BCUT2D eigenvalue weighted by Gasteiger charge is 2.13. The maximum atomic E-state index is 9.88. The van der Waals surface area contributed by atoms with Crippen LogP contribution in [0.5, 0.6) is 11.5 Å². The third kappa shape index (κ3) is 3.12. The summed E-state index contributed by atoms with van der Waals surface area (Å²) in [5, 5.41) is 9.88. The lowest BCUT2D eigenvalue weighted by Gasteiger charge is -2.15. The first-order valence-electron chi connectivity index (χ1n) is 5.20. The third-order valence-electron chi connectivity index (χ3n) is 2.28. The van der Waals surface area contributed by atoms with Gasteiger partial charge in [-0.1, -0.05) is 0 Å². The monoisotopic (exact) mass is 226 g/mol. The summed E-state index contributed by atoms with van der Waals surface area (Å²) in [5.41, 5.74) is 0.705. The summed E-state index contributed by atoms with van der Waals surface area (Å²) in [6.45, 7) is 2.73. The van der Waals surface area contributed by atoms with E-state index in [9.17, 15) is 5.11 Å². The number of methoxy groups -OCH3 is 2. The zero-order chi connectivity index (χ0) is 12.0. The largest absolute Gasteiger partial charge is 0.497 e. The summed E-state index contributed by atoms with van der Waals surface area (Å²) in [6.07, 6.45) is -0.680. The average molecular weight is 226 g/mol. The molecule has 0 amide bonds. The highest BCUT2D eigenvalue weighted by atomic mass is 16.5. The minimum atomic E-state index is -0.680. The van der Waals surface area contributed by atoms with Crippen LogP contribution >= 0.6 is 0 Å². The van der Waals surface area contributed by atoms with Crippen molar-refractivity contribution in [1.29, 1.82) is 0 Å². The van der Waals surface area contributed by atoms with Gasteiger partial charge in [0.25, 0.3) is 0 Å². The molecule has 0 spiro atoms. The molecule has 0 aromatic heterocycles. The van der Waals surface area contributed by atoms with Crippen LogP contribution in [0.4, 0.5) is 0 Å². The number of hydrogen-bond acceptors (Lipinski definition) is 4. The van der Waals surface area contributed by atoms with E-state index < -0.39 is 6.10 Å². The molecule has 0 aliphatic heterocycles. The molecule has 1 N–H and O–H groups in total. The lowest BCUT2D eigenvalue weighted by molar-refractivity contribution is 0.0407. The highest BCUT2D eigenvalue weighted by molar-refractivity contribution is 5.41. The van der Waals surface area contributed by atoms with Gasteiger partial charge < -0.3 is 19.3 Å². The average Bonchev–Trinajstić information content (AvgIpc) is 2.34. The molecule has 0 radical (unpaired) electrons. The zero-order valence-corrected chi connectivity index (χ0v) is 9.90. The van der Waals surface area contributed by atoms with E-state index in [0.717, 1.165) is 0 Å². The van der Waals surface area contributed by atoms with Gasteiger partial charge in [-0.2, -0.15) is 0 Å². The Morgan fingerprint density at radius 3 is 2.56 bits per heavy atom. The highest BCUT2D eigenvalue weighted by Crippen LogP contribution is 2.29. The summed E-state index contributed by atoms with van der Waals surface area (Å²) in [6, 6.07) is 5.30. The minimum absolute atomic E-state index is 0.263. The molecule has 0 saturated heterocycles. The van der Waals surface area contributed by atoms with Crippen molar-refractivity contribution in [3.63, 3.8) is 0 Å². The van der Waals surface area contributed by atoms with E-state index in [2.05, 4.69) is 0 Å². The van der Waals surface area contributed by atoms with Gasteiger partial charge in [0.2, 0.25) is 0 Å². The van der Waals surface area contributed by atoms with Gasteiger partial charge in [0, 0.05) is 18.2 Å². The van der Waals surface area contributed by atoms with Crippen LogP contribution in [0.25, 0.3) is 0 Å². The van der Waals surface area contributed by atoms with Crippen LogP contribution < -0.4 is 9.47 Å². The molecule has 1 atom stereocenters. The van der Waals surface area contributed by atoms with Crippen molar-refractivity contribution in [3.8, 4) is 11.5 Å². The molecular formula is C12H18O4. The number of aliphatic hydroxyl groups excluding tert-OH is 1. The molecule has 4 heteroatoms. The second-order valence-corrected chi connectivity index (χ2v) is 3.28. The van der Waals surface area contributed by atoms with Gasteiger partial charge in [0.05, 0.1) is 20.8 Å². The zero-order valence-electron chi connectivity index (χ0n) is 9.90. The fraction of sp³-hybridized carbons (Fsp3) is 0.500. The van der Waals surface area contributed by atoms with Gasteiger partial charge >= 0.3 is 0 Å². The molecule has 0 aliphatic carbocycles. The van der Waals surface area contributed by atoms with Crippen LogP contribution in [0.1, 0.15) is 18.6 Å². The number of benzene rings is 1. The first kappa shape index (κ1) is 12.8. The maximum absolute atomic E-state index is 9.88. The van der Waals surface area contributed by atoms with E-state index in [1.807, 2.05) is 6.92 Å². The molecule has 1 rings (SSSR count). The minimum Gasteiger partial charge on any atom is -0.497 e. The first-order chi connectivity index (χ1) is 7.72. The van der Waals surface area contributed by atoms with E-state index in [1.165, 1.54) is 0 Å². The van der Waals surface area contributed by atoms with E-state index in [-0.39, 0.29) is 6.61 Å². The smallest absolute Gasteiger partial charge is 0.128 e.